The average Bonchev–Trinajstić information content (AvgIpc) is 3.44. The van der Waals surface area contributed by atoms with E-state index in [1.54, 1.807) is 0 Å². The molecule has 3 fully saturated rings. The number of amides is 1. The molecule has 4 aliphatic rings. The molecule has 1 aliphatic heterocycles. The molecule has 0 bridgehead atoms. The summed E-state index contributed by atoms with van der Waals surface area (Å²) < 4.78 is 58.2. The number of carboxylic acids is 1. The molecule has 13 heteroatoms. The van der Waals surface area contributed by atoms with Gasteiger partial charge in [-0.1, -0.05) is 52.9 Å². The normalized spacial score (nSPS) is 27.1. The van der Waals surface area contributed by atoms with E-state index < -0.39 is 48.6 Å². The first kappa shape index (κ1) is 38.1. The zero-order chi connectivity index (χ0) is 34.2. The van der Waals surface area contributed by atoms with Crippen molar-refractivity contribution in [3.8, 4) is 0 Å². The Kier molecular flexibility index (Phi) is 14.0. The van der Waals surface area contributed by atoms with Gasteiger partial charge in [-0.05, 0) is 101 Å². The Bertz CT molecular complexity index is 1290. The maximum absolute atomic E-state index is 13.7. The lowest BCUT2D eigenvalue weighted by atomic mass is 9.80. The van der Waals surface area contributed by atoms with Gasteiger partial charge >= 0.3 is 5.97 Å². The minimum Gasteiger partial charge on any atom is -0.480 e. The highest BCUT2D eigenvalue weighted by Crippen LogP contribution is 2.36. The van der Waals surface area contributed by atoms with E-state index in [-0.39, 0.29) is 31.3 Å². The maximum Gasteiger partial charge on any atom is 0.322 e. The van der Waals surface area contributed by atoms with Crippen LogP contribution in [0, 0.1) is 17.8 Å². The van der Waals surface area contributed by atoms with Crippen LogP contribution in [-0.4, -0.2) is 79.8 Å². The van der Waals surface area contributed by atoms with Crippen molar-refractivity contribution >= 4 is 31.9 Å². The summed E-state index contributed by atoms with van der Waals surface area (Å²) in [5.41, 5.74) is 1.09. The second kappa shape index (κ2) is 17.3. The average molecular weight is 701 g/mol. The fraction of sp³-hybridized carbons (Fsp3) is 0.882. The number of nitrogens with one attached hydrogen (secondary N) is 3. The van der Waals surface area contributed by atoms with Crippen molar-refractivity contribution in [3.05, 3.63) is 11.8 Å². The molecule has 0 aromatic heterocycles. The summed E-state index contributed by atoms with van der Waals surface area (Å²) in [4.78, 5) is 26.0. The predicted molar refractivity (Wildman–Crippen MR) is 184 cm³/mol. The number of sulfonamides is 2. The van der Waals surface area contributed by atoms with Crippen LogP contribution in [-0.2, 0) is 29.6 Å². The monoisotopic (exact) mass is 700 g/mol. The molecule has 0 aromatic rings. The van der Waals surface area contributed by atoms with Gasteiger partial charge in [0.1, 0.15) is 12.1 Å². The largest absolute Gasteiger partial charge is 0.480 e. The lowest BCUT2D eigenvalue weighted by Gasteiger charge is -2.35. The number of carboxylic acid groups (broad SMARTS) is 1. The third-order valence-electron chi connectivity index (χ3n) is 10.9. The second-order valence-corrected chi connectivity index (χ2v) is 19.3. The highest BCUT2D eigenvalue weighted by molar-refractivity contribution is 7.90. The van der Waals surface area contributed by atoms with Crippen LogP contribution in [0.25, 0.3) is 0 Å². The molecule has 1 amide bonds. The first-order valence-electron chi connectivity index (χ1n) is 18.3. The van der Waals surface area contributed by atoms with Gasteiger partial charge in [0.25, 0.3) is 0 Å². The molecule has 3 saturated carbocycles. The minimum absolute atomic E-state index is 0.0307. The number of nitrogens with zero attached hydrogens (tertiary/aromatic N) is 1. The van der Waals surface area contributed by atoms with Crippen molar-refractivity contribution in [1.82, 2.24) is 19.7 Å². The molecule has 11 nitrogen and oxygen atoms in total. The van der Waals surface area contributed by atoms with Crippen molar-refractivity contribution in [2.24, 2.45) is 17.8 Å². The number of hydrogen-bond acceptors (Lipinski definition) is 7. The van der Waals surface area contributed by atoms with Crippen LogP contribution < -0.4 is 15.4 Å². The van der Waals surface area contributed by atoms with Crippen molar-refractivity contribution < 1.29 is 31.5 Å². The Morgan fingerprint density at radius 3 is 2.23 bits per heavy atom. The highest BCUT2D eigenvalue weighted by atomic mass is 32.2. The van der Waals surface area contributed by atoms with Crippen molar-refractivity contribution in [1.29, 1.82) is 0 Å². The molecule has 2 unspecified atom stereocenters. The Morgan fingerprint density at radius 1 is 0.915 bits per heavy atom. The van der Waals surface area contributed by atoms with E-state index in [9.17, 15) is 31.5 Å². The van der Waals surface area contributed by atoms with Gasteiger partial charge in [0, 0.05) is 25.0 Å². The minimum atomic E-state index is -3.79. The number of unbranched alkanes of at least 4 members (excludes halogenated alkanes) is 1. The fourth-order valence-electron chi connectivity index (χ4n) is 8.07. The molecule has 1 heterocycles. The Labute approximate surface area is 283 Å². The molecule has 0 radical (unpaired) electrons. The van der Waals surface area contributed by atoms with E-state index in [1.807, 2.05) is 20.0 Å². The predicted octanol–water partition coefficient (Wildman–Crippen LogP) is 4.65. The van der Waals surface area contributed by atoms with Gasteiger partial charge in [0.15, 0.2) is 0 Å². The summed E-state index contributed by atoms with van der Waals surface area (Å²) in [6.07, 6.45) is 14.4. The first-order valence-corrected chi connectivity index (χ1v) is 21.3. The molecule has 0 saturated heterocycles. The topological polar surface area (TPSA) is 162 Å². The number of hydrogen-bond donors (Lipinski definition) is 4. The van der Waals surface area contributed by atoms with Crippen molar-refractivity contribution in [3.63, 3.8) is 0 Å². The first-order chi connectivity index (χ1) is 22.3. The van der Waals surface area contributed by atoms with Gasteiger partial charge in [-0.3, -0.25) is 9.59 Å². The van der Waals surface area contributed by atoms with Crippen molar-refractivity contribution in [2.45, 2.75) is 159 Å². The summed E-state index contributed by atoms with van der Waals surface area (Å²) in [7, 11) is -7.48. The molecule has 47 heavy (non-hydrogen) atoms. The summed E-state index contributed by atoms with van der Waals surface area (Å²) in [6.45, 7) is 6.30. The van der Waals surface area contributed by atoms with E-state index in [0.717, 1.165) is 63.4 Å². The molecule has 3 aliphatic carbocycles. The lowest BCUT2D eigenvalue weighted by molar-refractivity contribution is -0.142. The number of carbonyl (C=O) groups excluding carboxylic acids is 1. The molecule has 4 N–H and O–H groups in total. The summed E-state index contributed by atoms with van der Waals surface area (Å²) in [6, 6.07) is -1.75. The third-order valence-corrected chi connectivity index (χ3v) is 15.2. The molecule has 0 spiro atoms. The summed E-state index contributed by atoms with van der Waals surface area (Å²) in [5.74, 6) is -0.776. The van der Waals surface area contributed by atoms with Gasteiger partial charge < -0.3 is 15.7 Å². The summed E-state index contributed by atoms with van der Waals surface area (Å²) in [5, 5.41) is 15.5. The van der Waals surface area contributed by atoms with E-state index in [2.05, 4.69) is 22.3 Å². The van der Waals surface area contributed by atoms with Crippen LogP contribution in [0.3, 0.4) is 0 Å². The standard InChI is InChI=1S/C34H60N4O7S2/c1-24(2)23-38(47(44,45)28-18-16-25(3)17-19-28)32(34(40)41)15-9-10-20-35-33(39)31(37-46(42,43)27-11-5-4-6-12-27)21-26-22-36-30-14-8-7-13-29(26)30/h22,24-25,27-32,36-37H,4-21,23H2,1-3H3,(H,35,39)(H,40,41)/t25?,28?,29?,30?,31-,32-/m0/s1. The number of aliphatic carboxylic acids is 1. The number of fused-ring (bicyclic) bond motifs is 1. The smallest absolute Gasteiger partial charge is 0.322 e. The number of rotatable bonds is 17. The molecule has 0 aromatic carbocycles. The zero-order valence-corrected chi connectivity index (χ0v) is 30.4. The molecular formula is C34H60N4O7S2. The summed E-state index contributed by atoms with van der Waals surface area (Å²) >= 11 is 0. The van der Waals surface area contributed by atoms with Crippen LogP contribution in [0.4, 0.5) is 0 Å². The van der Waals surface area contributed by atoms with Crippen LogP contribution in [0.15, 0.2) is 11.8 Å². The van der Waals surface area contributed by atoms with E-state index in [1.165, 1.54) is 4.31 Å². The fourth-order valence-corrected chi connectivity index (χ4v) is 12.1. The van der Waals surface area contributed by atoms with Crippen LogP contribution >= 0.6 is 0 Å². The molecule has 4 rings (SSSR count). The SMILES string of the molecule is CC(C)CN([C@@H](CCCCNC(=O)[C@H](CC1=CNC2CCCCC12)NS(=O)(=O)C1CCCCC1)C(=O)O)S(=O)(=O)C1CCC(C)CC1. The van der Waals surface area contributed by atoms with Gasteiger partial charge in [0.2, 0.25) is 26.0 Å². The van der Waals surface area contributed by atoms with Crippen molar-refractivity contribution in [2.75, 3.05) is 13.1 Å². The van der Waals surface area contributed by atoms with Gasteiger partial charge in [-0.15, -0.1) is 0 Å². The molecule has 4 atom stereocenters. The van der Waals surface area contributed by atoms with Crippen LogP contribution in [0.1, 0.15) is 130 Å². The van der Waals surface area contributed by atoms with Gasteiger partial charge in [0.05, 0.1) is 10.5 Å². The maximum atomic E-state index is 13.7. The Hall–Kier alpha value is -1.70. The van der Waals surface area contributed by atoms with E-state index >= 15 is 0 Å². The van der Waals surface area contributed by atoms with Crippen LogP contribution in [0.5, 0.6) is 0 Å². The Balaban J connectivity index is 1.36. The third kappa shape index (κ3) is 10.4. The van der Waals surface area contributed by atoms with Gasteiger partial charge in [-0.2, -0.15) is 4.31 Å². The second-order valence-electron chi connectivity index (χ2n) is 15.1. The van der Waals surface area contributed by atoms with E-state index in [4.69, 9.17) is 0 Å². The van der Waals surface area contributed by atoms with E-state index in [0.29, 0.717) is 62.8 Å². The number of carbonyl (C=O) groups is 2. The zero-order valence-electron chi connectivity index (χ0n) is 28.8. The molecular weight excluding hydrogens is 641 g/mol. The Morgan fingerprint density at radius 2 is 1.57 bits per heavy atom. The molecule has 270 valence electrons. The van der Waals surface area contributed by atoms with Crippen LogP contribution in [0.2, 0.25) is 0 Å². The van der Waals surface area contributed by atoms with Gasteiger partial charge in [-0.25, -0.2) is 21.6 Å². The quantitative estimate of drug-likeness (QED) is 0.160. The lowest BCUT2D eigenvalue weighted by Crippen LogP contribution is -2.51. The highest BCUT2D eigenvalue weighted by Gasteiger charge is 2.41.